The molecule has 0 heterocycles. The van der Waals surface area contributed by atoms with Gasteiger partial charge in [0.15, 0.2) is 0 Å². The van der Waals surface area contributed by atoms with Crippen LogP contribution in [0.15, 0.2) is 25.3 Å². The second-order valence-corrected chi connectivity index (χ2v) is 1.99. The Morgan fingerprint density at radius 2 is 1.31 bits per heavy atom. The van der Waals surface area contributed by atoms with Crippen molar-refractivity contribution in [2.45, 2.75) is 7.43 Å². The van der Waals surface area contributed by atoms with Crippen molar-refractivity contribution < 1.29 is 9.59 Å². The summed E-state index contributed by atoms with van der Waals surface area (Å²) in [5.41, 5.74) is 0. The summed E-state index contributed by atoms with van der Waals surface area (Å²) in [4.78, 5) is 21.1. The van der Waals surface area contributed by atoms with Gasteiger partial charge in [0.2, 0.25) is 11.8 Å². The van der Waals surface area contributed by atoms with E-state index in [0.717, 1.165) is 0 Å². The molecular weight excluding hydrogens is 168 g/mol. The van der Waals surface area contributed by atoms with Gasteiger partial charge in [0.1, 0.15) is 0 Å². The highest BCUT2D eigenvalue weighted by molar-refractivity contribution is 5.87. The maximum absolute atomic E-state index is 10.6. The van der Waals surface area contributed by atoms with Gasteiger partial charge >= 0.3 is 0 Å². The van der Waals surface area contributed by atoms with Crippen LogP contribution in [-0.2, 0) is 9.59 Å². The minimum Gasteiger partial charge on any atom is -0.351 e. The number of carbonyl (C=O) groups excluding carboxylic acids is 2. The molecule has 0 radical (unpaired) electrons. The van der Waals surface area contributed by atoms with Crippen LogP contribution in [0, 0.1) is 0 Å². The van der Waals surface area contributed by atoms with E-state index in [2.05, 4.69) is 23.8 Å². The summed E-state index contributed by atoms with van der Waals surface area (Å²) >= 11 is 0. The third kappa shape index (κ3) is 8.33. The Hall–Kier alpha value is -1.58. The molecule has 0 aliphatic carbocycles. The highest BCUT2D eigenvalue weighted by atomic mass is 16.2. The number of rotatable bonds is 5. The summed E-state index contributed by atoms with van der Waals surface area (Å²) < 4.78 is 0. The molecule has 0 atom stereocenters. The smallest absolute Gasteiger partial charge is 0.243 e. The number of nitrogens with one attached hydrogen (secondary N) is 2. The Morgan fingerprint density at radius 1 is 1.00 bits per heavy atom. The first-order valence-corrected chi connectivity index (χ1v) is 3.51. The summed E-state index contributed by atoms with van der Waals surface area (Å²) in [5, 5.41) is 5.01. The number of hydrogen-bond donors (Lipinski definition) is 2. The van der Waals surface area contributed by atoms with Crippen molar-refractivity contribution >= 4 is 11.8 Å². The fourth-order valence-corrected chi connectivity index (χ4v) is 0.516. The van der Waals surface area contributed by atoms with Crippen molar-refractivity contribution in [1.82, 2.24) is 10.6 Å². The average Bonchev–Trinajstić information content (AvgIpc) is 2.11. The van der Waals surface area contributed by atoms with E-state index in [9.17, 15) is 9.59 Å². The van der Waals surface area contributed by atoms with Gasteiger partial charge in [-0.05, 0) is 12.2 Å². The molecule has 74 valence electrons. The van der Waals surface area contributed by atoms with E-state index in [1.807, 2.05) is 0 Å². The molecule has 0 saturated carbocycles. The van der Waals surface area contributed by atoms with Crippen molar-refractivity contribution in [3.63, 3.8) is 0 Å². The van der Waals surface area contributed by atoms with Crippen LogP contribution in [0.4, 0.5) is 0 Å². The van der Waals surface area contributed by atoms with E-state index < -0.39 is 0 Å². The first-order chi connectivity index (χ1) is 5.70. The van der Waals surface area contributed by atoms with Gasteiger partial charge in [-0.1, -0.05) is 20.6 Å². The summed E-state index contributed by atoms with van der Waals surface area (Å²) in [6.07, 6.45) is 2.35. The second-order valence-electron chi connectivity index (χ2n) is 1.99. The molecular formula is C9H16N2O2. The first kappa shape index (κ1) is 14.0. The fourth-order valence-electron chi connectivity index (χ4n) is 0.516. The summed E-state index contributed by atoms with van der Waals surface area (Å²) in [6, 6.07) is 0. The Morgan fingerprint density at radius 3 is 1.54 bits per heavy atom. The third-order valence-corrected chi connectivity index (χ3v) is 1.09. The highest BCUT2D eigenvalue weighted by Crippen LogP contribution is 1.67. The minimum atomic E-state index is -0.247. The monoisotopic (exact) mass is 184 g/mol. The zero-order valence-electron chi connectivity index (χ0n) is 6.80. The molecule has 0 rings (SSSR count). The van der Waals surface area contributed by atoms with E-state index in [1.54, 1.807) is 0 Å². The molecule has 4 nitrogen and oxygen atoms in total. The molecule has 13 heavy (non-hydrogen) atoms. The van der Waals surface area contributed by atoms with Crippen molar-refractivity contribution in [2.75, 3.05) is 13.1 Å². The summed E-state index contributed by atoms with van der Waals surface area (Å²) in [5.74, 6) is -0.495. The molecule has 2 amide bonds. The lowest BCUT2D eigenvalue weighted by Crippen LogP contribution is -2.32. The first-order valence-electron chi connectivity index (χ1n) is 3.51. The van der Waals surface area contributed by atoms with Crippen LogP contribution in [0.3, 0.4) is 0 Å². The SMILES string of the molecule is C.C=CC(=O)NCCNC(=O)C=C. The van der Waals surface area contributed by atoms with Gasteiger partial charge in [0.25, 0.3) is 0 Å². The molecule has 0 aromatic carbocycles. The van der Waals surface area contributed by atoms with Gasteiger partial charge in [0, 0.05) is 13.1 Å². The van der Waals surface area contributed by atoms with E-state index in [0.29, 0.717) is 13.1 Å². The molecule has 4 heteroatoms. The average molecular weight is 184 g/mol. The molecule has 0 aromatic rings. The van der Waals surface area contributed by atoms with Gasteiger partial charge in [0.05, 0.1) is 0 Å². The van der Waals surface area contributed by atoms with Crippen LogP contribution in [0.2, 0.25) is 0 Å². The normalized spacial score (nSPS) is 7.69. The zero-order chi connectivity index (χ0) is 9.40. The molecule has 0 aromatic heterocycles. The lowest BCUT2D eigenvalue weighted by Gasteiger charge is -2.01. The Balaban J connectivity index is 0. The Labute approximate surface area is 78.7 Å². The van der Waals surface area contributed by atoms with Gasteiger partial charge < -0.3 is 10.6 Å². The maximum Gasteiger partial charge on any atom is 0.243 e. The summed E-state index contributed by atoms with van der Waals surface area (Å²) in [6.45, 7) is 7.34. The topological polar surface area (TPSA) is 58.2 Å². The largest absolute Gasteiger partial charge is 0.351 e. The maximum atomic E-state index is 10.6. The predicted molar refractivity (Wildman–Crippen MR) is 53.1 cm³/mol. The van der Waals surface area contributed by atoms with E-state index >= 15 is 0 Å². The van der Waals surface area contributed by atoms with Crippen molar-refractivity contribution in [2.24, 2.45) is 0 Å². The minimum absolute atomic E-state index is 0. The van der Waals surface area contributed by atoms with Crippen molar-refractivity contribution in [3.05, 3.63) is 25.3 Å². The van der Waals surface area contributed by atoms with Crippen LogP contribution < -0.4 is 10.6 Å². The number of amides is 2. The Bertz CT molecular complexity index is 178. The lowest BCUT2D eigenvalue weighted by molar-refractivity contribution is -0.118. The molecule has 0 aliphatic heterocycles. The zero-order valence-corrected chi connectivity index (χ0v) is 6.80. The molecule has 2 N–H and O–H groups in total. The quantitative estimate of drug-likeness (QED) is 0.474. The van der Waals surface area contributed by atoms with E-state index in [-0.39, 0.29) is 19.2 Å². The molecule has 0 bridgehead atoms. The van der Waals surface area contributed by atoms with Crippen molar-refractivity contribution in [3.8, 4) is 0 Å². The molecule has 0 fully saturated rings. The molecule has 0 saturated heterocycles. The lowest BCUT2D eigenvalue weighted by atomic mass is 10.5. The van der Waals surface area contributed by atoms with Gasteiger partial charge in [-0.3, -0.25) is 9.59 Å². The van der Waals surface area contributed by atoms with E-state index in [1.165, 1.54) is 12.2 Å². The number of carbonyl (C=O) groups is 2. The van der Waals surface area contributed by atoms with Crippen LogP contribution in [-0.4, -0.2) is 24.9 Å². The highest BCUT2D eigenvalue weighted by Gasteiger charge is 1.93. The standard InChI is InChI=1S/C8H12N2O2.CH4/c1-3-7(11)9-5-6-10-8(12)4-2;/h3-4H,1-2,5-6H2,(H,9,11)(H,10,12);1H4. The molecule has 0 unspecified atom stereocenters. The predicted octanol–water partition coefficient (Wildman–Crippen LogP) is 0.227. The van der Waals surface area contributed by atoms with E-state index in [4.69, 9.17) is 0 Å². The van der Waals surface area contributed by atoms with Gasteiger partial charge in [-0.2, -0.15) is 0 Å². The van der Waals surface area contributed by atoms with Gasteiger partial charge in [-0.25, -0.2) is 0 Å². The van der Waals surface area contributed by atoms with Crippen LogP contribution in [0.25, 0.3) is 0 Å². The summed E-state index contributed by atoms with van der Waals surface area (Å²) in [7, 11) is 0. The van der Waals surface area contributed by atoms with Crippen LogP contribution >= 0.6 is 0 Å². The fraction of sp³-hybridized carbons (Fsp3) is 0.333. The molecule has 0 aliphatic rings. The Kier molecular flexibility index (Phi) is 9.15. The number of hydrogen-bond acceptors (Lipinski definition) is 2. The van der Waals surface area contributed by atoms with Crippen molar-refractivity contribution in [1.29, 1.82) is 0 Å². The second kappa shape index (κ2) is 8.52. The van der Waals surface area contributed by atoms with Crippen LogP contribution in [0.1, 0.15) is 7.43 Å². The molecule has 0 spiro atoms. The van der Waals surface area contributed by atoms with Crippen LogP contribution in [0.5, 0.6) is 0 Å². The third-order valence-electron chi connectivity index (χ3n) is 1.09. The van der Waals surface area contributed by atoms with Gasteiger partial charge in [-0.15, -0.1) is 0 Å².